The Kier molecular flexibility index (Phi) is 5.38. The number of Topliss-reactive ketones (excluding diaryl/α,β-unsaturated/α-hetero) is 1. The van der Waals surface area contributed by atoms with Gasteiger partial charge < -0.3 is 19.8 Å². The number of ether oxygens (including phenoxy) is 1. The molecule has 7 saturated carbocycles. The number of phenolic OH excluding ortho intramolecular Hbond substituents is 2. The summed E-state index contributed by atoms with van der Waals surface area (Å²) < 4.78 is 5.88. The third-order valence-corrected chi connectivity index (χ3v) is 10.8. The minimum Gasteiger partial charge on any atom is -0.508 e. The first-order valence-corrected chi connectivity index (χ1v) is 13.5. The van der Waals surface area contributed by atoms with Crippen molar-refractivity contribution in [3.63, 3.8) is 0 Å². The molecule has 8 heteroatoms. The van der Waals surface area contributed by atoms with Crippen molar-refractivity contribution in [2.24, 2.45) is 34.5 Å². The van der Waals surface area contributed by atoms with Gasteiger partial charge in [0.1, 0.15) is 23.9 Å². The summed E-state index contributed by atoms with van der Waals surface area (Å²) in [5.74, 6) is 1.94. The summed E-state index contributed by atoms with van der Waals surface area (Å²) >= 11 is 0. The summed E-state index contributed by atoms with van der Waals surface area (Å²) in [5.41, 5.74) is 1.38. The first-order valence-electron chi connectivity index (χ1n) is 13.5. The molecule has 6 bridgehead atoms. The lowest BCUT2D eigenvalue weighted by Crippen LogP contribution is -2.56. The molecule has 0 aliphatic heterocycles. The molecule has 8 nitrogen and oxygen atoms in total. The van der Waals surface area contributed by atoms with Gasteiger partial charge in [0.25, 0.3) is 5.09 Å². The van der Waals surface area contributed by atoms with Crippen LogP contribution in [-0.2, 0) is 19.8 Å². The molecule has 8 rings (SSSR count). The lowest BCUT2D eigenvalue weighted by molar-refractivity contribution is -0.758. The van der Waals surface area contributed by atoms with Crippen molar-refractivity contribution in [2.45, 2.75) is 76.5 Å². The van der Waals surface area contributed by atoms with Crippen molar-refractivity contribution in [2.75, 3.05) is 19.8 Å². The molecular weight excluding hydrogens is 462 g/mol. The third-order valence-electron chi connectivity index (χ3n) is 10.8. The van der Waals surface area contributed by atoms with E-state index in [2.05, 4.69) is 18.7 Å². The average molecular weight is 500 g/mol. The van der Waals surface area contributed by atoms with Crippen molar-refractivity contribution >= 4 is 5.78 Å². The maximum Gasteiger partial charge on any atom is 0.294 e. The average Bonchev–Trinajstić information content (AvgIpc) is 2.76. The molecule has 7 aliphatic carbocycles. The Hall–Kier alpha value is -2.35. The van der Waals surface area contributed by atoms with Gasteiger partial charge in [0.2, 0.25) is 0 Å². The number of carbonyl (C=O) groups is 1. The highest BCUT2D eigenvalue weighted by Gasteiger charge is 2.60. The minimum absolute atomic E-state index is 0.0172. The van der Waals surface area contributed by atoms with Gasteiger partial charge in [-0.1, -0.05) is 13.8 Å². The molecule has 5 atom stereocenters. The molecule has 7 fully saturated rings. The van der Waals surface area contributed by atoms with Crippen molar-refractivity contribution in [3.8, 4) is 11.5 Å². The second-order valence-electron chi connectivity index (χ2n) is 13.3. The highest BCUT2D eigenvalue weighted by molar-refractivity contribution is 5.86. The van der Waals surface area contributed by atoms with E-state index in [4.69, 9.17) is 4.74 Å². The van der Waals surface area contributed by atoms with E-state index >= 15 is 0 Å². The second kappa shape index (κ2) is 8.07. The third kappa shape index (κ3) is 3.62. The van der Waals surface area contributed by atoms with E-state index in [1.54, 1.807) is 0 Å². The zero-order chi connectivity index (χ0) is 25.5. The van der Waals surface area contributed by atoms with Crippen LogP contribution in [0.4, 0.5) is 0 Å². The van der Waals surface area contributed by atoms with E-state index in [0.717, 1.165) is 44.1 Å². The summed E-state index contributed by atoms with van der Waals surface area (Å²) in [6.07, 6.45) is 7.68. The van der Waals surface area contributed by atoms with E-state index in [-0.39, 0.29) is 58.6 Å². The van der Waals surface area contributed by atoms with Gasteiger partial charge >= 0.3 is 0 Å². The maximum absolute atomic E-state index is 12.7. The fourth-order valence-corrected chi connectivity index (χ4v) is 9.72. The number of nitrogens with zero attached hydrogens (tertiary/aromatic N) is 1. The first-order chi connectivity index (χ1) is 17.0. The van der Waals surface area contributed by atoms with Crippen LogP contribution < -0.4 is 0 Å². The largest absolute Gasteiger partial charge is 0.508 e. The van der Waals surface area contributed by atoms with Gasteiger partial charge in [-0.15, -0.1) is 10.1 Å². The summed E-state index contributed by atoms with van der Waals surface area (Å²) in [6.45, 7) is 4.96. The van der Waals surface area contributed by atoms with Crippen LogP contribution in [0.5, 0.6) is 11.5 Å². The lowest BCUT2D eigenvalue weighted by Gasteiger charge is -2.62. The number of aromatic hydroxyl groups is 2. The predicted molar refractivity (Wildman–Crippen MR) is 130 cm³/mol. The number of ketones is 1. The number of rotatable bonds is 8. The van der Waals surface area contributed by atoms with Crippen LogP contribution in [0.25, 0.3) is 0 Å². The zero-order valence-electron chi connectivity index (χ0n) is 21.2. The Balaban J connectivity index is 1.25. The van der Waals surface area contributed by atoms with E-state index in [9.17, 15) is 25.1 Å². The van der Waals surface area contributed by atoms with Crippen molar-refractivity contribution < 1.29 is 29.7 Å². The monoisotopic (exact) mass is 499 g/mol. The highest BCUT2D eigenvalue weighted by Crippen LogP contribution is 2.67. The van der Waals surface area contributed by atoms with Gasteiger partial charge in [0, 0.05) is 23.8 Å². The normalized spacial score (nSPS) is 39.6. The lowest BCUT2D eigenvalue weighted by atomic mass is 9.43. The topological polar surface area (TPSA) is 119 Å². The maximum atomic E-state index is 12.7. The fourth-order valence-electron chi connectivity index (χ4n) is 9.72. The predicted octanol–water partition coefficient (Wildman–Crippen LogP) is 4.88. The van der Waals surface area contributed by atoms with Crippen LogP contribution in [0.1, 0.15) is 82.3 Å². The van der Waals surface area contributed by atoms with Gasteiger partial charge in [0.05, 0.1) is 13.2 Å². The molecule has 36 heavy (non-hydrogen) atoms. The number of phenols is 2. The van der Waals surface area contributed by atoms with Crippen LogP contribution in [-0.4, -0.2) is 40.9 Å². The van der Waals surface area contributed by atoms with E-state index in [0.29, 0.717) is 36.3 Å². The molecule has 0 radical (unpaired) electrons. The quantitative estimate of drug-likeness (QED) is 0.297. The van der Waals surface area contributed by atoms with Crippen molar-refractivity contribution in [3.05, 3.63) is 33.4 Å². The van der Waals surface area contributed by atoms with Crippen LogP contribution in [0.2, 0.25) is 0 Å². The molecule has 2 N–H and O–H groups in total. The molecule has 196 valence electrons. The van der Waals surface area contributed by atoms with Crippen molar-refractivity contribution in [1.29, 1.82) is 0 Å². The van der Waals surface area contributed by atoms with E-state index < -0.39 is 5.09 Å². The SMILES string of the molecule is CC1(C)[C@@H]2C[C@H]1[C@H](c1c(O)cc([C@]34CC5CC(C[C@@](COCCO[N+](=O)[O-])(C5)C3)C4)cc1O)CC2=O. The molecule has 0 amide bonds. The molecule has 0 heterocycles. The number of hydrogen-bond donors (Lipinski definition) is 2. The Morgan fingerprint density at radius 2 is 1.72 bits per heavy atom. The number of carbonyl (C=O) groups excluding carboxylic acids is 1. The molecule has 1 aromatic carbocycles. The van der Waals surface area contributed by atoms with Gasteiger partial charge in [-0.25, -0.2) is 0 Å². The zero-order valence-corrected chi connectivity index (χ0v) is 21.2. The van der Waals surface area contributed by atoms with Gasteiger partial charge in [-0.05, 0) is 96.6 Å². The smallest absolute Gasteiger partial charge is 0.294 e. The fraction of sp³-hybridized carbons (Fsp3) is 0.750. The molecular formula is C28H37NO7. The molecule has 0 saturated heterocycles. The Bertz CT molecular complexity index is 1060. The molecule has 1 aromatic rings. The standard InChI is InChI=1S/C28H37NO7/c1-26(2)20-9-21(26)22(30)8-19(20)25-23(31)6-18(7-24(25)32)28-12-16-5-17(13-28)11-27(10-16,14-28)15-35-3-4-36-29(33)34/h6-7,16-17,19-21,31-32H,3-5,8-15H2,1-2H3/t16?,17?,19-,20+,21-,27-,28-/m1/s1. The molecule has 2 unspecified atom stereocenters. The first kappa shape index (κ1) is 24.0. The van der Waals surface area contributed by atoms with Gasteiger partial charge in [-0.2, -0.15) is 0 Å². The van der Waals surface area contributed by atoms with Crippen LogP contribution >= 0.6 is 0 Å². The molecule has 7 aliphatic rings. The summed E-state index contributed by atoms with van der Waals surface area (Å²) in [7, 11) is 0. The minimum atomic E-state index is -0.792. The highest BCUT2D eigenvalue weighted by atomic mass is 17.0. The summed E-state index contributed by atoms with van der Waals surface area (Å²) in [6, 6.07) is 3.76. The van der Waals surface area contributed by atoms with Crippen LogP contribution in [0, 0.1) is 44.6 Å². The van der Waals surface area contributed by atoms with Crippen LogP contribution in [0.15, 0.2) is 12.1 Å². The number of hydrogen-bond acceptors (Lipinski definition) is 7. The second-order valence-corrected chi connectivity index (χ2v) is 13.3. The Morgan fingerprint density at radius 1 is 1.06 bits per heavy atom. The van der Waals surface area contributed by atoms with Crippen LogP contribution in [0.3, 0.4) is 0 Å². The summed E-state index contributed by atoms with van der Waals surface area (Å²) in [5, 5.41) is 32.1. The number of fused-ring (bicyclic) bond motifs is 2. The van der Waals surface area contributed by atoms with E-state index in [1.807, 2.05) is 12.1 Å². The van der Waals surface area contributed by atoms with Gasteiger partial charge in [0.15, 0.2) is 0 Å². The van der Waals surface area contributed by atoms with E-state index in [1.165, 1.54) is 6.42 Å². The summed E-state index contributed by atoms with van der Waals surface area (Å²) in [4.78, 5) is 27.5. The molecule has 0 spiro atoms. The Morgan fingerprint density at radius 3 is 2.31 bits per heavy atom. The van der Waals surface area contributed by atoms with Crippen molar-refractivity contribution in [1.82, 2.24) is 0 Å². The Labute approximate surface area is 211 Å². The van der Waals surface area contributed by atoms with Gasteiger partial charge in [-0.3, -0.25) is 4.79 Å². The number of benzene rings is 1. The molecule has 0 aromatic heterocycles.